The Morgan fingerprint density at radius 2 is 1.85 bits per heavy atom. The lowest BCUT2D eigenvalue weighted by Crippen LogP contribution is -2.21. The second-order valence-electron chi connectivity index (χ2n) is 3.24. The molecule has 0 bridgehead atoms. The minimum absolute atomic E-state index is 0.0287. The van der Waals surface area contributed by atoms with Gasteiger partial charge < -0.3 is 4.74 Å². The standard InChI is InChI=1S/C9H17F3O/c1-7(11)3-4-13-6-9(5-10)8(2)12/h7-9H,3-6H2,1-2H3. The zero-order valence-electron chi connectivity index (χ0n) is 8.10. The molecule has 4 heteroatoms. The molecule has 0 heterocycles. The smallest absolute Gasteiger partial charge is 0.105 e. The molecule has 0 saturated heterocycles. The molecule has 0 radical (unpaired) electrons. The second-order valence-corrected chi connectivity index (χ2v) is 3.24. The van der Waals surface area contributed by atoms with Crippen molar-refractivity contribution in [2.75, 3.05) is 19.9 Å². The molecule has 0 amide bonds. The lowest BCUT2D eigenvalue weighted by Gasteiger charge is -2.14. The topological polar surface area (TPSA) is 9.23 Å². The molecule has 3 atom stereocenters. The molecule has 0 aromatic rings. The Bertz CT molecular complexity index is 117. The summed E-state index contributed by atoms with van der Waals surface area (Å²) in [6, 6.07) is 0. The predicted octanol–water partition coefficient (Wildman–Crippen LogP) is 2.69. The van der Waals surface area contributed by atoms with E-state index in [4.69, 9.17) is 4.74 Å². The molecule has 0 aliphatic rings. The van der Waals surface area contributed by atoms with E-state index in [0.29, 0.717) is 0 Å². The van der Waals surface area contributed by atoms with Crippen molar-refractivity contribution in [1.29, 1.82) is 0 Å². The summed E-state index contributed by atoms with van der Waals surface area (Å²) < 4.78 is 41.8. The van der Waals surface area contributed by atoms with Crippen LogP contribution in [0, 0.1) is 5.92 Å². The van der Waals surface area contributed by atoms with Crippen LogP contribution in [-0.2, 0) is 4.74 Å². The van der Waals surface area contributed by atoms with E-state index >= 15 is 0 Å². The van der Waals surface area contributed by atoms with Crippen LogP contribution in [-0.4, -0.2) is 32.2 Å². The first kappa shape index (κ1) is 12.8. The van der Waals surface area contributed by atoms with Gasteiger partial charge >= 0.3 is 0 Å². The molecule has 0 aromatic carbocycles. The van der Waals surface area contributed by atoms with Gasteiger partial charge in [0.1, 0.15) is 6.17 Å². The maximum atomic E-state index is 12.6. The summed E-state index contributed by atoms with van der Waals surface area (Å²) >= 11 is 0. The second kappa shape index (κ2) is 7.18. The molecule has 0 N–H and O–H groups in total. The summed E-state index contributed by atoms with van der Waals surface area (Å²) in [5, 5.41) is 0. The fourth-order valence-corrected chi connectivity index (χ4v) is 0.780. The van der Waals surface area contributed by atoms with E-state index in [-0.39, 0.29) is 19.6 Å². The Labute approximate surface area is 77.3 Å². The quantitative estimate of drug-likeness (QED) is 0.571. The first-order chi connectivity index (χ1) is 6.07. The molecule has 0 spiro atoms. The van der Waals surface area contributed by atoms with Gasteiger partial charge in [-0.15, -0.1) is 0 Å². The molecule has 13 heavy (non-hydrogen) atoms. The van der Waals surface area contributed by atoms with E-state index in [1.54, 1.807) is 0 Å². The number of ether oxygens (including phenoxy) is 1. The Morgan fingerprint density at radius 3 is 2.23 bits per heavy atom. The van der Waals surface area contributed by atoms with Crippen LogP contribution >= 0.6 is 0 Å². The van der Waals surface area contributed by atoms with Crippen molar-refractivity contribution >= 4 is 0 Å². The van der Waals surface area contributed by atoms with Gasteiger partial charge in [0.15, 0.2) is 0 Å². The maximum absolute atomic E-state index is 12.6. The highest BCUT2D eigenvalue weighted by atomic mass is 19.1. The summed E-state index contributed by atoms with van der Waals surface area (Å²) in [4.78, 5) is 0. The van der Waals surface area contributed by atoms with Gasteiger partial charge in [0.2, 0.25) is 0 Å². The van der Waals surface area contributed by atoms with E-state index in [9.17, 15) is 13.2 Å². The van der Waals surface area contributed by atoms with Gasteiger partial charge in [0, 0.05) is 18.9 Å². The van der Waals surface area contributed by atoms with Crippen LogP contribution in [0.4, 0.5) is 13.2 Å². The highest BCUT2D eigenvalue weighted by Gasteiger charge is 2.16. The normalized spacial score (nSPS) is 18.2. The average Bonchev–Trinajstić information content (AvgIpc) is 2.03. The highest BCUT2D eigenvalue weighted by Crippen LogP contribution is 2.09. The van der Waals surface area contributed by atoms with Gasteiger partial charge in [-0.25, -0.2) is 8.78 Å². The predicted molar refractivity (Wildman–Crippen MR) is 46.0 cm³/mol. The van der Waals surface area contributed by atoms with Crippen molar-refractivity contribution in [2.45, 2.75) is 32.6 Å². The van der Waals surface area contributed by atoms with Gasteiger partial charge in [-0.05, 0) is 13.8 Å². The largest absolute Gasteiger partial charge is 0.381 e. The lowest BCUT2D eigenvalue weighted by molar-refractivity contribution is 0.0489. The van der Waals surface area contributed by atoms with Crippen LogP contribution < -0.4 is 0 Å². The van der Waals surface area contributed by atoms with Crippen LogP contribution in [0.3, 0.4) is 0 Å². The maximum Gasteiger partial charge on any atom is 0.105 e. The number of halogens is 3. The molecule has 3 unspecified atom stereocenters. The van der Waals surface area contributed by atoms with E-state index in [0.717, 1.165) is 0 Å². The van der Waals surface area contributed by atoms with Gasteiger partial charge in [0.05, 0.1) is 19.5 Å². The Hall–Kier alpha value is -0.250. The SMILES string of the molecule is CC(F)CCOCC(CF)C(C)F. The number of hydrogen-bond donors (Lipinski definition) is 0. The summed E-state index contributed by atoms with van der Waals surface area (Å²) in [7, 11) is 0. The Morgan fingerprint density at radius 1 is 1.23 bits per heavy atom. The van der Waals surface area contributed by atoms with E-state index in [1.165, 1.54) is 13.8 Å². The average molecular weight is 198 g/mol. The molecule has 0 aromatic heterocycles. The van der Waals surface area contributed by atoms with Crippen molar-refractivity contribution < 1.29 is 17.9 Å². The van der Waals surface area contributed by atoms with Crippen molar-refractivity contribution in [3.63, 3.8) is 0 Å². The number of rotatable bonds is 7. The fourth-order valence-electron chi connectivity index (χ4n) is 0.780. The van der Waals surface area contributed by atoms with Crippen molar-refractivity contribution in [2.24, 2.45) is 5.92 Å². The number of hydrogen-bond acceptors (Lipinski definition) is 1. The van der Waals surface area contributed by atoms with Crippen molar-refractivity contribution in [1.82, 2.24) is 0 Å². The van der Waals surface area contributed by atoms with Crippen LogP contribution in [0.25, 0.3) is 0 Å². The molecule has 80 valence electrons. The molecule has 0 aliphatic heterocycles. The molecule has 0 fully saturated rings. The van der Waals surface area contributed by atoms with Gasteiger partial charge in [0.25, 0.3) is 0 Å². The third-order valence-corrected chi connectivity index (χ3v) is 1.84. The van der Waals surface area contributed by atoms with Crippen LogP contribution in [0.15, 0.2) is 0 Å². The van der Waals surface area contributed by atoms with Gasteiger partial charge in [-0.1, -0.05) is 0 Å². The van der Waals surface area contributed by atoms with Crippen LogP contribution in [0.1, 0.15) is 20.3 Å². The van der Waals surface area contributed by atoms with Crippen molar-refractivity contribution in [3.8, 4) is 0 Å². The molecular formula is C9H17F3O. The first-order valence-electron chi connectivity index (χ1n) is 4.49. The third-order valence-electron chi connectivity index (χ3n) is 1.84. The monoisotopic (exact) mass is 198 g/mol. The molecule has 0 rings (SSSR count). The first-order valence-corrected chi connectivity index (χ1v) is 4.49. The van der Waals surface area contributed by atoms with Gasteiger partial charge in [-0.3, -0.25) is 4.39 Å². The Kier molecular flexibility index (Phi) is 7.04. The van der Waals surface area contributed by atoms with Crippen LogP contribution in [0.2, 0.25) is 0 Å². The van der Waals surface area contributed by atoms with Gasteiger partial charge in [-0.2, -0.15) is 0 Å². The fraction of sp³-hybridized carbons (Fsp3) is 1.00. The van der Waals surface area contributed by atoms with Crippen molar-refractivity contribution in [3.05, 3.63) is 0 Å². The summed E-state index contributed by atoms with van der Waals surface area (Å²) in [6.07, 6.45) is -1.86. The summed E-state index contributed by atoms with van der Waals surface area (Å²) in [6.45, 7) is 2.24. The molecule has 0 saturated carbocycles. The minimum atomic E-state index is -1.22. The minimum Gasteiger partial charge on any atom is -0.381 e. The zero-order valence-corrected chi connectivity index (χ0v) is 8.10. The molecular weight excluding hydrogens is 181 g/mol. The van der Waals surface area contributed by atoms with E-state index in [2.05, 4.69) is 0 Å². The lowest BCUT2D eigenvalue weighted by atomic mass is 10.1. The van der Waals surface area contributed by atoms with Crippen LogP contribution in [0.5, 0.6) is 0 Å². The third kappa shape index (κ3) is 6.87. The van der Waals surface area contributed by atoms with E-state index in [1.807, 2.05) is 0 Å². The summed E-state index contributed by atoms with van der Waals surface area (Å²) in [5.41, 5.74) is 0. The zero-order chi connectivity index (χ0) is 10.3. The highest BCUT2D eigenvalue weighted by molar-refractivity contribution is 4.63. The molecule has 0 aliphatic carbocycles. The van der Waals surface area contributed by atoms with E-state index < -0.39 is 24.9 Å². The molecule has 1 nitrogen and oxygen atoms in total. The summed E-state index contributed by atoms with van der Waals surface area (Å²) in [5.74, 6) is -0.713. The number of alkyl halides is 3. The Balaban J connectivity index is 3.39.